The van der Waals surface area contributed by atoms with Gasteiger partial charge in [0.2, 0.25) is 0 Å². The normalized spacial score (nSPS) is 14.3. The Morgan fingerprint density at radius 3 is 2.58 bits per heavy atom. The summed E-state index contributed by atoms with van der Waals surface area (Å²) >= 11 is 1.50. The molecule has 2 rings (SSSR count). The van der Waals surface area contributed by atoms with Crippen LogP contribution in [-0.4, -0.2) is 27.4 Å². The molecule has 0 saturated carbocycles. The van der Waals surface area contributed by atoms with E-state index >= 15 is 0 Å². The van der Waals surface area contributed by atoms with Crippen molar-refractivity contribution in [1.29, 1.82) is 0 Å². The lowest BCUT2D eigenvalue weighted by atomic mass is 9.90. The Morgan fingerprint density at radius 1 is 1.29 bits per heavy atom. The average Bonchev–Trinajstić information content (AvgIpc) is 3.17. The molecule has 2 atom stereocenters. The fourth-order valence-corrected chi connectivity index (χ4v) is 4.19. The topological polar surface area (TPSA) is 72.3 Å². The van der Waals surface area contributed by atoms with Crippen LogP contribution in [0.5, 0.6) is 5.75 Å². The summed E-state index contributed by atoms with van der Waals surface area (Å²) in [6.07, 6.45) is 9.98. The van der Waals surface area contributed by atoms with Gasteiger partial charge in [0.05, 0.1) is 11.7 Å². The first kappa shape index (κ1) is 24.4. The van der Waals surface area contributed by atoms with Gasteiger partial charge in [-0.1, -0.05) is 43.3 Å². The molecule has 31 heavy (non-hydrogen) atoms. The highest BCUT2D eigenvalue weighted by Gasteiger charge is 2.17. The van der Waals surface area contributed by atoms with E-state index in [0.717, 1.165) is 26.7 Å². The quantitative estimate of drug-likeness (QED) is 0.380. The Bertz CT molecular complexity index is 1030. The minimum Gasteiger partial charge on any atom is -0.490 e. The molecule has 0 amide bonds. The van der Waals surface area contributed by atoms with Crippen LogP contribution in [0.2, 0.25) is 0 Å². The first-order chi connectivity index (χ1) is 14.7. The molecule has 2 aromatic rings. The van der Waals surface area contributed by atoms with Crippen molar-refractivity contribution in [3.63, 3.8) is 0 Å². The van der Waals surface area contributed by atoms with Crippen molar-refractivity contribution >= 4 is 22.9 Å². The molecular weight excluding hydrogens is 408 g/mol. The third kappa shape index (κ3) is 6.53. The van der Waals surface area contributed by atoms with E-state index in [1.54, 1.807) is 0 Å². The molecule has 1 aromatic heterocycles. The second kappa shape index (κ2) is 10.9. The minimum absolute atomic E-state index is 0.0405. The van der Waals surface area contributed by atoms with Gasteiger partial charge < -0.3 is 9.84 Å². The number of carbonyl (C=O) groups is 1. The zero-order valence-electron chi connectivity index (χ0n) is 19.0. The Balaban J connectivity index is 2.28. The van der Waals surface area contributed by atoms with Crippen LogP contribution in [0.15, 0.2) is 35.9 Å². The summed E-state index contributed by atoms with van der Waals surface area (Å²) in [6, 6.07) is 5.71. The minimum atomic E-state index is -0.776. The lowest BCUT2D eigenvalue weighted by Crippen LogP contribution is -2.11. The Kier molecular flexibility index (Phi) is 8.58. The van der Waals surface area contributed by atoms with Crippen molar-refractivity contribution in [1.82, 2.24) is 10.2 Å². The van der Waals surface area contributed by atoms with Gasteiger partial charge in [0, 0.05) is 17.6 Å². The zero-order chi connectivity index (χ0) is 23.1. The number of aromatic nitrogens is 2. The molecule has 1 N–H and O–H groups in total. The van der Waals surface area contributed by atoms with E-state index in [4.69, 9.17) is 16.3 Å². The number of allylic oxidation sites excluding steroid dienone is 4. The van der Waals surface area contributed by atoms with Crippen LogP contribution in [0.3, 0.4) is 0 Å². The van der Waals surface area contributed by atoms with Gasteiger partial charge in [-0.15, -0.1) is 16.6 Å². The third-order valence-electron chi connectivity index (χ3n) is 5.02. The average molecular weight is 439 g/mol. The number of hydrogen-bond acceptors (Lipinski definition) is 5. The maximum absolute atomic E-state index is 11.0. The van der Waals surface area contributed by atoms with Gasteiger partial charge in [0.1, 0.15) is 15.8 Å². The smallest absolute Gasteiger partial charge is 0.303 e. The maximum atomic E-state index is 11.0. The predicted molar refractivity (Wildman–Crippen MR) is 127 cm³/mol. The van der Waals surface area contributed by atoms with Gasteiger partial charge >= 0.3 is 5.97 Å². The molecule has 2 unspecified atom stereocenters. The molecule has 0 fully saturated rings. The summed E-state index contributed by atoms with van der Waals surface area (Å²) in [6.45, 7) is 11.9. The van der Waals surface area contributed by atoms with Crippen molar-refractivity contribution < 1.29 is 14.6 Å². The number of rotatable bonds is 9. The van der Waals surface area contributed by atoms with E-state index < -0.39 is 5.97 Å². The monoisotopic (exact) mass is 438 g/mol. The summed E-state index contributed by atoms with van der Waals surface area (Å²) in [5.41, 5.74) is 3.63. The Morgan fingerprint density at radius 2 is 2.00 bits per heavy atom. The van der Waals surface area contributed by atoms with Gasteiger partial charge in [-0.05, 0) is 63.3 Å². The van der Waals surface area contributed by atoms with Crippen LogP contribution in [0.25, 0.3) is 16.1 Å². The number of aliphatic carboxylic acids is 1. The highest BCUT2D eigenvalue weighted by Crippen LogP contribution is 2.34. The Labute approximate surface area is 188 Å². The summed E-state index contributed by atoms with van der Waals surface area (Å²) in [5, 5.41) is 19.4. The van der Waals surface area contributed by atoms with Crippen LogP contribution in [0, 0.1) is 24.2 Å². The Hall–Kier alpha value is -2.91. The van der Waals surface area contributed by atoms with Crippen LogP contribution in [-0.2, 0) is 4.79 Å². The molecule has 164 valence electrons. The molecule has 0 radical (unpaired) electrons. The molecule has 0 aliphatic carbocycles. The van der Waals surface area contributed by atoms with Gasteiger partial charge in [-0.3, -0.25) is 4.79 Å². The predicted octanol–water partition coefficient (Wildman–Crippen LogP) is 6.07. The van der Waals surface area contributed by atoms with Crippen LogP contribution in [0.4, 0.5) is 0 Å². The van der Waals surface area contributed by atoms with E-state index in [1.165, 1.54) is 11.3 Å². The second-order valence-corrected chi connectivity index (χ2v) is 8.90. The third-order valence-corrected chi connectivity index (χ3v) is 6.03. The van der Waals surface area contributed by atoms with Crippen molar-refractivity contribution in [3.8, 4) is 28.7 Å². The first-order valence-corrected chi connectivity index (χ1v) is 11.2. The van der Waals surface area contributed by atoms with E-state index in [-0.39, 0.29) is 24.4 Å². The molecule has 5 nitrogen and oxygen atoms in total. The number of ether oxygens (including phenoxy) is 1. The second-order valence-electron chi connectivity index (χ2n) is 7.92. The fraction of sp³-hybridized carbons (Fsp3) is 0.400. The number of benzene rings is 1. The highest BCUT2D eigenvalue weighted by atomic mass is 32.1. The van der Waals surface area contributed by atoms with E-state index in [9.17, 15) is 4.79 Å². The summed E-state index contributed by atoms with van der Waals surface area (Å²) in [5.74, 6) is 2.77. The van der Waals surface area contributed by atoms with Gasteiger partial charge in [-0.25, -0.2) is 0 Å². The van der Waals surface area contributed by atoms with Gasteiger partial charge in [0.25, 0.3) is 0 Å². The number of hydrogen-bond donors (Lipinski definition) is 1. The lowest BCUT2D eigenvalue weighted by molar-refractivity contribution is -0.138. The molecule has 0 spiro atoms. The largest absolute Gasteiger partial charge is 0.490 e. The van der Waals surface area contributed by atoms with E-state index in [0.29, 0.717) is 11.3 Å². The van der Waals surface area contributed by atoms with Crippen LogP contribution in [0.1, 0.15) is 58.5 Å². The van der Waals surface area contributed by atoms with Crippen molar-refractivity contribution in [2.75, 3.05) is 0 Å². The summed E-state index contributed by atoms with van der Waals surface area (Å²) < 4.78 is 5.77. The lowest BCUT2D eigenvalue weighted by Gasteiger charge is -2.16. The molecule has 0 aliphatic rings. The SMILES string of the molecule is C#Cc1cc(-c2nnc(C(=C/C)/C(C)=C\C(C)C(C)CC(=O)O)s2)ccc1OC(C)C. The molecule has 6 heteroatoms. The van der Waals surface area contributed by atoms with Crippen molar-refractivity contribution in [3.05, 3.63) is 46.5 Å². The number of nitrogens with zero attached hydrogens (tertiary/aromatic N) is 2. The molecule has 0 saturated heterocycles. The van der Waals surface area contributed by atoms with Crippen molar-refractivity contribution in [2.45, 2.75) is 54.1 Å². The molecule has 0 bridgehead atoms. The van der Waals surface area contributed by atoms with Crippen molar-refractivity contribution in [2.24, 2.45) is 11.8 Å². The molecule has 1 aromatic carbocycles. The van der Waals surface area contributed by atoms with Crippen LogP contribution >= 0.6 is 11.3 Å². The van der Waals surface area contributed by atoms with Crippen LogP contribution < -0.4 is 4.74 Å². The van der Waals surface area contributed by atoms with Gasteiger partial charge in [0.15, 0.2) is 0 Å². The summed E-state index contributed by atoms with van der Waals surface area (Å²) in [4.78, 5) is 11.0. The standard InChI is InChI=1S/C25H30N2O3S/c1-8-19-14-20(10-11-22(19)30-15(3)4)24-26-27-25(31-24)21(9-2)18(7)12-16(5)17(6)13-23(28)29/h1,9-12,14-17H,13H2,2-7H3,(H,28,29)/b18-12-,21-9+. The molecular formula is C25H30N2O3S. The highest BCUT2D eigenvalue weighted by molar-refractivity contribution is 7.15. The maximum Gasteiger partial charge on any atom is 0.303 e. The molecule has 1 heterocycles. The summed E-state index contributed by atoms with van der Waals surface area (Å²) in [7, 11) is 0. The number of terminal acetylenes is 1. The zero-order valence-corrected chi connectivity index (χ0v) is 19.8. The van der Waals surface area contributed by atoms with Gasteiger partial charge in [-0.2, -0.15) is 0 Å². The van der Waals surface area contributed by atoms with E-state index in [1.807, 2.05) is 65.8 Å². The number of carboxylic acid groups (broad SMARTS) is 1. The molecule has 0 aliphatic heterocycles. The van der Waals surface area contributed by atoms with E-state index in [2.05, 4.69) is 22.2 Å². The first-order valence-electron chi connectivity index (χ1n) is 10.3. The fourth-order valence-electron chi connectivity index (χ4n) is 3.21. The number of carboxylic acids is 1.